The molecule has 1 atom stereocenters. The van der Waals surface area contributed by atoms with Crippen molar-refractivity contribution >= 4 is 5.97 Å². The molecule has 1 unspecified atom stereocenters. The monoisotopic (exact) mass is 198 g/mol. The predicted molar refractivity (Wildman–Crippen MR) is 49.7 cm³/mol. The Kier molecular flexibility index (Phi) is 3.64. The number of aromatic nitrogens is 2. The predicted octanol–water partition coefficient (Wildman–Crippen LogP) is 0.801. The minimum Gasteiger partial charge on any atom is -0.481 e. The van der Waals surface area contributed by atoms with E-state index in [1.54, 1.807) is 17.1 Å². The number of carboxylic acids is 1. The molecule has 1 rings (SSSR count). The standard InChI is InChI=1S/C9H14N2O3/c1-2-11-6-7(5-10-11)8(12)3-4-9(13)14/h5-6,8,12H,2-4H2,1H3,(H,13,14). The van der Waals surface area contributed by atoms with E-state index in [0.29, 0.717) is 5.56 Å². The minimum atomic E-state index is -0.896. The summed E-state index contributed by atoms with van der Waals surface area (Å²) in [7, 11) is 0. The first-order valence-corrected chi connectivity index (χ1v) is 4.55. The van der Waals surface area contributed by atoms with Gasteiger partial charge in [0.1, 0.15) is 0 Å². The highest BCUT2D eigenvalue weighted by atomic mass is 16.4. The number of carboxylic acid groups (broad SMARTS) is 1. The third-order valence-corrected chi connectivity index (χ3v) is 1.99. The topological polar surface area (TPSA) is 75.4 Å². The summed E-state index contributed by atoms with van der Waals surface area (Å²) in [4.78, 5) is 10.3. The summed E-state index contributed by atoms with van der Waals surface area (Å²) in [6.07, 6.45) is 2.76. The second-order valence-corrected chi connectivity index (χ2v) is 3.08. The van der Waals surface area contributed by atoms with Gasteiger partial charge in [0.15, 0.2) is 0 Å². The van der Waals surface area contributed by atoms with Crippen LogP contribution in [0.4, 0.5) is 0 Å². The molecule has 0 aliphatic rings. The molecule has 0 spiro atoms. The van der Waals surface area contributed by atoms with E-state index in [-0.39, 0.29) is 12.8 Å². The largest absolute Gasteiger partial charge is 0.481 e. The van der Waals surface area contributed by atoms with Crippen LogP contribution in [-0.4, -0.2) is 26.0 Å². The molecule has 14 heavy (non-hydrogen) atoms. The van der Waals surface area contributed by atoms with Gasteiger partial charge in [-0.2, -0.15) is 5.10 Å². The van der Waals surface area contributed by atoms with E-state index in [1.165, 1.54) is 0 Å². The van der Waals surface area contributed by atoms with Crippen molar-refractivity contribution in [3.8, 4) is 0 Å². The van der Waals surface area contributed by atoms with Crippen molar-refractivity contribution in [2.24, 2.45) is 0 Å². The lowest BCUT2D eigenvalue weighted by molar-refractivity contribution is -0.137. The molecule has 0 saturated heterocycles. The van der Waals surface area contributed by atoms with Crippen LogP contribution in [0.3, 0.4) is 0 Å². The molecule has 1 aromatic rings. The van der Waals surface area contributed by atoms with Gasteiger partial charge in [0.05, 0.1) is 12.3 Å². The van der Waals surface area contributed by atoms with Crippen LogP contribution in [0, 0.1) is 0 Å². The van der Waals surface area contributed by atoms with E-state index in [0.717, 1.165) is 6.54 Å². The van der Waals surface area contributed by atoms with E-state index in [4.69, 9.17) is 5.11 Å². The summed E-state index contributed by atoms with van der Waals surface area (Å²) in [5.41, 5.74) is 0.674. The first kappa shape index (κ1) is 10.7. The van der Waals surface area contributed by atoms with Crippen LogP contribution >= 0.6 is 0 Å². The zero-order chi connectivity index (χ0) is 10.6. The fraction of sp³-hybridized carbons (Fsp3) is 0.556. The molecule has 78 valence electrons. The van der Waals surface area contributed by atoms with Crippen LogP contribution in [0.1, 0.15) is 31.4 Å². The molecule has 5 heteroatoms. The highest BCUT2D eigenvalue weighted by molar-refractivity contribution is 5.66. The van der Waals surface area contributed by atoms with Gasteiger partial charge in [-0.1, -0.05) is 0 Å². The van der Waals surface area contributed by atoms with Gasteiger partial charge in [-0.15, -0.1) is 0 Å². The summed E-state index contributed by atoms with van der Waals surface area (Å²) >= 11 is 0. The van der Waals surface area contributed by atoms with Crippen molar-refractivity contribution < 1.29 is 15.0 Å². The first-order chi connectivity index (χ1) is 6.63. The van der Waals surface area contributed by atoms with Gasteiger partial charge in [-0.25, -0.2) is 0 Å². The molecule has 5 nitrogen and oxygen atoms in total. The summed E-state index contributed by atoms with van der Waals surface area (Å²) in [5.74, 6) is -0.896. The molecule has 0 saturated carbocycles. The summed E-state index contributed by atoms with van der Waals surface area (Å²) in [6.45, 7) is 2.69. The van der Waals surface area contributed by atoms with Crippen LogP contribution < -0.4 is 0 Å². The molecule has 1 aromatic heterocycles. The molecule has 0 amide bonds. The van der Waals surface area contributed by atoms with Crippen molar-refractivity contribution in [2.75, 3.05) is 0 Å². The van der Waals surface area contributed by atoms with E-state index in [2.05, 4.69) is 5.10 Å². The van der Waals surface area contributed by atoms with Crippen molar-refractivity contribution in [3.63, 3.8) is 0 Å². The Morgan fingerprint density at radius 1 is 1.71 bits per heavy atom. The Labute approximate surface area is 82.0 Å². The lowest BCUT2D eigenvalue weighted by Crippen LogP contribution is -2.01. The fourth-order valence-corrected chi connectivity index (χ4v) is 1.15. The highest BCUT2D eigenvalue weighted by Crippen LogP contribution is 2.17. The summed E-state index contributed by atoms with van der Waals surface area (Å²) in [6, 6.07) is 0. The van der Waals surface area contributed by atoms with E-state index in [9.17, 15) is 9.90 Å². The molecular formula is C9H14N2O3. The smallest absolute Gasteiger partial charge is 0.303 e. The van der Waals surface area contributed by atoms with Crippen molar-refractivity contribution in [2.45, 2.75) is 32.4 Å². The Bertz CT molecular complexity index is 309. The SMILES string of the molecule is CCn1cc(C(O)CCC(=O)O)cn1. The van der Waals surface area contributed by atoms with Gasteiger partial charge in [-0.05, 0) is 13.3 Å². The molecule has 2 N–H and O–H groups in total. The minimum absolute atomic E-state index is 0.0293. The van der Waals surface area contributed by atoms with Gasteiger partial charge in [0.25, 0.3) is 0 Å². The maximum atomic E-state index is 10.3. The molecule has 0 aliphatic heterocycles. The number of hydrogen-bond donors (Lipinski definition) is 2. The molecule has 1 heterocycles. The average Bonchev–Trinajstić information content (AvgIpc) is 2.62. The molecule has 0 fully saturated rings. The maximum Gasteiger partial charge on any atom is 0.303 e. The third-order valence-electron chi connectivity index (χ3n) is 1.99. The molecule has 0 aliphatic carbocycles. The molecule has 0 aromatic carbocycles. The summed E-state index contributed by atoms with van der Waals surface area (Å²) in [5, 5.41) is 22.0. The first-order valence-electron chi connectivity index (χ1n) is 4.55. The van der Waals surface area contributed by atoms with Crippen molar-refractivity contribution in [1.82, 2.24) is 9.78 Å². The van der Waals surface area contributed by atoms with Gasteiger partial charge >= 0.3 is 5.97 Å². The Morgan fingerprint density at radius 2 is 2.43 bits per heavy atom. The van der Waals surface area contributed by atoms with Crippen LogP contribution in [0.15, 0.2) is 12.4 Å². The lowest BCUT2D eigenvalue weighted by atomic mass is 10.1. The van der Waals surface area contributed by atoms with Crippen LogP contribution in [-0.2, 0) is 11.3 Å². The third kappa shape index (κ3) is 2.85. The normalized spacial score (nSPS) is 12.7. The number of hydrogen-bond acceptors (Lipinski definition) is 3. The second-order valence-electron chi connectivity index (χ2n) is 3.08. The van der Waals surface area contributed by atoms with Crippen LogP contribution in [0.5, 0.6) is 0 Å². The zero-order valence-electron chi connectivity index (χ0n) is 8.05. The highest BCUT2D eigenvalue weighted by Gasteiger charge is 2.11. The van der Waals surface area contributed by atoms with E-state index < -0.39 is 12.1 Å². The van der Waals surface area contributed by atoms with Gasteiger partial charge < -0.3 is 10.2 Å². The second kappa shape index (κ2) is 4.76. The zero-order valence-corrected chi connectivity index (χ0v) is 8.05. The van der Waals surface area contributed by atoms with Gasteiger partial charge in [0.2, 0.25) is 0 Å². The number of aliphatic carboxylic acids is 1. The van der Waals surface area contributed by atoms with Gasteiger partial charge in [-0.3, -0.25) is 9.48 Å². The number of aliphatic hydroxyl groups is 1. The van der Waals surface area contributed by atoms with E-state index in [1.807, 2.05) is 6.92 Å². The average molecular weight is 198 g/mol. The van der Waals surface area contributed by atoms with Crippen LogP contribution in [0.25, 0.3) is 0 Å². The van der Waals surface area contributed by atoms with Gasteiger partial charge in [0, 0.05) is 24.7 Å². The number of rotatable bonds is 5. The Morgan fingerprint density at radius 3 is 2.93 bits per heavy atom. The Hall–Kier alpha value is -1.36. The van der Waals surface area contributed by atoms with E-state index >= 15 is 0 Å². The quantitative estimate of drug-likeness (QED) is 0.733. The fourth-order valence-electron chi connectivity index (χ4n) is 1.15. The summed E-state index contributed by atoms with van der Waals surface area (Å²) < 4.78 is 1.69. The lowest BCUT2D eigenvalue weighted by Gasteiger charge is -2.05. The van der Waals surface area contributed by atoms with Crippen LogP contribution in [0.2, 0.25) is 0 Å². The maximum absolute atomic E-state index is 10.3. The van der Waals surface area contributed by atoms with Crippen molar-refractivity contribution in [1.29, 1.82) is 0 Å². The number of nitrogens with zero attached hydrogens (tertiary/aromatic N) is 2. The Balaban J connectivity index is 2.51. The molecular weight excluding hydrogens is 184 g/mol. The molecule has 0 radical (unpaired) electrons. The number of carbonyl (C=O) groups is 1. The number of aryl methyl sites for hydroxylation is 1. The van der Waals surface area contributed by atoms with Crippen molar-refractivity contribution in [3.05, 3.63) is 18.0 Å². The molecule has 0 bridgehead atoms. The number of aliphatic hydroxyl groups excluding tert-OH is 1.